The molecule has 98 valence electrons. The molecule has 16 heavy (non-hydrogen) atoms. The molecule has 0 saturated carbocycles. The topological polar surface area (TPSA) is 0 Å². The molecule has 0 bridgehead atoms. The van der Waals surface area contributed by atoms with Crippen molar-refractivity contribution in [2.75, 3.05) is 0 Å². The molecule has 2 unspecified atom stereocenters. The minimum absolute atomic E-state index is 0.490. The lowest BCUT2D eigenvalue weighted by molar-refractivity contribution is 0.238. The Morgan fingerprint density at radius 3 is 1.75 bits per heavy atom. The minimum atomic E-state index is 0.490. The second-order valence-electron chi connectivity index (χ2n) is 7.29. The first-order valence-corrected chi connectivity index (χ1v) is 7.23. The molecule has 0 N–H and O–H groups in total. The van der Waals surface area contributed by atoms with E-state index in [0.717, 1.165) is 17.8 Å². The molecule has 0 spiro atoms. The van der Waals surface area contributed by atoms with Crippen LogP contribution in [0.4, 0.5) is 0 Å². The van der Waals surface area contributed by atoms with Gasteiger partial charge in [-0.25, -0.2) is 0 Å². The maximum absolute atomic E-state index is 2.41. The van der Waals surface area contributed by atoms with Gasteiger partial charge in [0.2, 0.25) is 0 Å². The third-order valence-corrected chi connectivity index (χ3v) is 3.94. The van der Waals surface area contributed by atoms with E-state index in [4.69, 9.17) is 0 Å². The van der Waals surface area contributed by atoms with Crippen LogP contribution in [-0.2, 0) is 0 Å². The first-order chi connectivity index (χ1) is 7.23. The molecule has 0 aromatic carbocycles. The Morgan fingerprint density at radius 2 is 1.31 bits per heavy atom. The van der Waals surface area contributed by atoms with Crippen molar-refractivity contribution in [1.29, 1.82) is 0 Å². The number of unbranched alkanes of at least 4 members (excludes halogenated alkanes) is 1. The van der Waals surface area contributed by atoms with E-state index in [-0.39, 0.29) is 0 Å². The summed E-state index contributed by atoms with van der Waals surface area (Å²) in [5.74, 6) is 2.64. The number of hydrogen-bond donors (Lipinski definition) is 0. The van der Waals surface area contributed by atoms with E-state index >= 15 is 0 Å². The van der Waals surface area contributed by atoms with Gasteiger partial charge in [-0.2, -0.15) is 0 Å². The maximum atomic E-state index is 2.41. The molecule has 0 aliphatic heterocycles. The molecule has 0 saturated heterocycles. The van der Waals surface area contributed by atoms with Crippen LogP contribution in [-0.4, -0.2) is 0 Å². The van der Waals surface area contributed by atoms with E-state index in [1.165, 1.54) is 32.1 Å². The van der Waals surface area contributed by atoms with Crippen LogP contribution in [0.1, 0.15) is 80.6 Å². The standard InChI is InChI=1S/C16H34/c1-13(2)12-14(3)10-8-9-11-15(4)16(5,6)7/h13-15H,8-12H2,1-7H3. The Hall–Kier alpha value is 0. The van der Waals surface area contributed by atoms with E-state index in [1.54, 1.807) is 0 Å². The lowest BCUT2D eigenvalue weighted by Crippen LogP contribution is -2.17. The Labute approximate surface area is 104 Å². The van der Waals surface area contributed by atoms with Gasteiger partial charge >= 0.3 is 0 Å². The predicted octanol–water partition coefficient (Wildman–Crippen LogP) is 5.91. The van der Waals surface area contributed by atoms with Crippen molar-refractivity contribution in [1.82, 2.24) is 0 Å². The first kappa shape index (κ1) is 16.0. The zero-order valence-corrected chi connectivity index (χ0v) is 12.8. The van der Waals surface area contributed by atoms with Crippen LogP contribution in [0.25, 0.3) is 0 Å². The van der Waals surface area contributed by atoms with Crippen molar-refractivity contribution in [3.8, 4) is 0 Å². The van der Waals surface area contributed by atoms with E-state index in [1.807, 2.05) is 0 Å². The largest absolute Gasteiger partial charge is 0.0628 e. The molecule has 2 atom stereocenters. The van der Waals surface area contributed by atoms with Crippen LogP contribution in [0, 0.1) is 23.2 Å². The number of hydrogen-bond acceptors (Lipinski definition) is 0. The molecular weight excluding hydrogens is 192 g/mol. The van der Waals surface area contributed by atoms with Crippen LogP contribution >= 0.6 is 0 Å². The van der Waals surface area contributed by atoms with Gasteiger partial charge in [0.25, 0.3) is 0 Å². The first-order valence-electron chi connectivity index (χ1n) is 7.23. The van der Waals surface area contributed by atoms with E-state index in [0.29, 0.717) is 5.41 Å². The van der Waals surface area contributed by atoms with Gasteiger partial charge in [0.05, 0.1) is 0 Å². The summed E-state index contributed by atoms with van der Waals surface area (Å²) in [4.78, 5) is 0. The highest BCUT2D eigenvalue weighted by molar-refractivity contribution is 4.70. The molecule has 0 radical (unpaired) electrons. The van der Waals surface area contributed by atoms with Crippen LogP contribution in [0.3, 0.4) is 0 Å². The lowest BCUT2D eigenvalue weighted by Gasteiger charge is -2.27. The average Bonchev–Trinajstić information content (AvgIpc) is 2.09. The smallest absolute Gasteiger partial charge is 0.0357 e. The molecule has 0 fully saturated rings. The van der Waals surface area contributed by atoms with Crippen LogP contribution in [0.5, 0.6) is 0 Å². The molecule has 0 heteroatoms. The normalized spacial score (nSPS) is 16.5. The summed E-state index contributed by atoms with van der Waals surface area (Å²) in [5.41, 5.74) is 0.490. The Kier molecular flexibility index (Phi) is 7.35. The second kappa shape index (κ2) is 7.35. The van der Waals surface area contributed by atoms with Crippen LogP contribution in [0.15, 0.2) is 0 Å². The minimum Gasteiger partial charge on any atom is -0.0628 e. The molecule has 0 nitrogen and oxygen atoms in total. The van der Waals surface area contributed by atoms with Gasteiger partial charge in [0, 0.05) is 0 Å². The third kappa shape index (κ3) is 8.19. The van der Waals surface area contributed by atoms with Crippen molar-refractivity contribution < 1.29 is 0 Å². The summed E-state index contributed by atoms with van der Waals surface area (Å²) in [6.45, 7) is 16.6. The summed E-state index contributed by atoms with van der Waals surface area (Å²) in [7, 11) is 0. The van der Waals surface area contributed by atoms with Gasteiger partial charge in [0.15, 0.2) is 0 Å². The Balaban J connectivity index is 3.53. The molecule has 0 amide bonds. The van der Waals surface area contributed by atoms with Crippen LogP contribution in [0.2, 0.25) is 0 Å². The second-order valence-corrected chi connectivity index (χ2v) is 7.29. The Bertz CT molecular complexity index is 161. The van der Waals surface area contributed by atoms with Gasteiger partial charge < -0.3 is 0 Å². The molecule has 0 aromatic heterocycles. The molecule has 0 aromatic rings. The lowest BCUT2D eigenvalue weighted by atomic mass is 9.79. The number of rotatable bonds is 7. The van der Waals surface area contributed by atoms with Gasteiger partial charge in [-0.1, -0.05) is 74.1 Å². The van der Waals surface area contributed by atoms with E-state index in [9.17, 15) is 0 Å². The van der Waals surface area contributed by atoms with Crippen molar-refractivity contribution in [2.24, 2.45) is 23.2 Å². The van der Waals surface area contributed by atoms with E-state index < -0.39 is 0 Å². The van der Waals surface area contributed by atoms with Gasteiger partial charge in [-0.15, -0.1) is 0 Å². The van der Waals surface area contributed by atoms with Gasteiger partial charge in [-0.3, -0.25) is 0 Å². The van der Waals surface area contributed by atoms with Crippen molar-refractivity contribution >= 4 is 0 Å². The molecule has 0 aliphatic carbocycles. The highest BCUT2D eigenvalue weighted by atomic mass is 14.2. The Morgan fingerprint density at radius 1 is 0.812 bits per heavy atom. The molecular formula is C16H34. The molecule has 0 aliphatic rings. The van der Waals surface area contributed by atoms with Crippen molar-refractivity contribution in [3.63, 3.8) is 0 Å². The van der Waals surface area contributed by atoms with Crippen molar-refractivity contribution in [3.05, 3.63) is 0 Å². The summed E-state index contributed by atoms with van der Waals surface area (Å²) in [5, 5.41) is 0. The van der Waals surface area contributed by atoms with Gasteiger partial charge in [0.1, 0.15) is 0 Å². The molecule has 0 heterocycles. The van der Waals surface area contributed by atoms with Crippen molar-refractivity contribution in [2.45, 2.75) is 80.6 Å². The zero-order chi connectivity index (χ0) is 12.8. The SMILES string of the molecule is CC(C)CC(C)CCCCC(C)C(C)(C)C. The summed E-state index contributed by atoms with van der Waals surface area (Å²) < 4.78 is 0. The monoisotopic (exact) mass is 226 g/mol. The fourth-order valence-corrected chi connectivity index (χ4v) is 2.30. The summed E-state index contributed by atoms with van der Waals surface area (Å²) in [6, 6.07) is 0. The van der Waals surface area contributed by atoms with E-state index in [2.05, 4.69) is 48.5 Å². The van der Waals surface area contributed by atoms with Crippen LogP contribution < -0.4 is 0 Å². The molecule has 0 rings (SSSR count). The predicted molar refractivity (Wildman–Crippen MR) is 75.7 cm³/mol. The maximum Gasteiger partial charge on any atom is -0.0357 e. The van der Waals surface area contributed by atoms with Gasteiger partial charge in [-0.05, 0) is 29.6 Å². The highest BCUT2D eigenvalue weighted by Gasteiger charge is 2.19. The third-order valence-electron chi connectivity index (χ3n) is 3.94. The fourth-order valence-electron chi connectivity index (χ4n) is 2.30. The summed E-state index contributed by atoms with van der Waals surface area (Å²) >= 11 is 0. The summed E-state index contributed by atoms with van der Waals surface area (Å²) in [6.07, 6.45) is 7.07. The fraction of sp³-hybridized carbons (Fsp3) is 1.00. The highest BCUT2D eigenvalue weighted by Crippen LogP contribution is 2.30. The zero-order valence-electron chi connectivity index (χ0n) is 12.8. The average molecular weight is 226 g/mol. The quantitative estimate of drug-likeness (QED) is 0.473.